The highest BCUT2D eigenvalue weighted by atomic mass is 32.2. The van der Waals surface area contributed by atoms with E-state index in [1.165, 1.54) is 24.3 Å². The second-order valence-corrected chi connectivity index (χ2v) is 9.60. The van der Waals surface area contributed by atoms with Crippen LogP contribution in [0.2, 0.25) is 0 Å². The van der Waals surface area contributed by atoms with Gasteiger partial charge in [-0.25, -0.2) is 13.6 Å². The zero-order valence-electron chi connectivity index (χ0n) is 16.9. The van der Waals surface area contributed by atoms with Crippen molar-refractivity contribution in [2.24, 2.45) is 5.14 Å². The molecule has 1 amide bonds. The fraction of sp³-hybridized carbons (Fsp3) is 0. The Morgan fingerprint density at radius 2 is 1.70 bits per heavy atom. The smallest absolute Gasteiger partial charge is 0.255 e. The number of rotatable bonds is 5. The third-order valence-electron chi connectivity index (χ3n) is 4.89. The van der Waals surface area contributed by atoms with Gasteiger partial charge in [-0.2, -0.15) is 9.61 Å². The predicted molar refractivity (Wildman–Crippen MR) is 125 cm³/mol. The van der Waals surface area contributed by atoms with Crippen LogP contribution in [0.15, 0.2) is 83.1 Å². The monoisotopic (exact) mass is 476 g/mol. The normalized spacial score (nSPS) is 11.5. The number of primary sulfonamides is 1. The Bertz CT molecular complexity index is 1560. The van der Waals surface area contributed by atoms with Gasteiger partial charge in [0.05, 0.1) is 15.5 Å². The molecule has 0 aliphatic rings. The average molecular weight is 477 g/mol. The number of amides is 1. The van der Waals surface area contributed by atoms with Crippen molar-refractivity contribution in [3.63, 3.8) is 0 Å². The minimum Gasteiger partial charge on any atom is -0.322 e. The Labute approximate surface area is 192 Å². The van der Waals surface area contributed by atoms with Gasteiger partial charge in [-0.05, 0) is 60.0 Å². The number of nitrogens with two attached hydrogens (primary N) is 1. The SMILES string of the molecule is NS(=O)(=O)c1ccc(C(=O)Nc2ccc(-c3ccc4nnc(-c5cccs5)n4n3)cc2)cc1. The lowest BCUT2D eigenvalue weighted by atomic mass is 10.1. The summed E-state index contributed by atoms with van der Waals surface area (Å²) in [6.45, 7) is 0. The van der Waals surface area contributed by atoms with E-state index in [4.69, 9.17) is 5.14 Å². The van der Waals surface area contributed by atoms with Crippen LogP contribution in [-0.4, -0.2) is 34.1 Å². The van der Waals surface area contributed by atoms with Crippen LogP contribution in [0.3, 0.4) is 0 Å². The van der Waals surface area contributed by atoms with Gasteiger partial charge in [-0.1, -0.05) is 18.2 Å². The van der Waals surface area contributed by atoms with Crippen molar-refractivity contribution in [1.82, 2.24) is 19.8 Å². The maximum absolute atomic E-state index is 12.5. The number of carbonyl (C=O) groups excluding carboxylic acids is 1. The third-order valence-corrected chi connectivity index (χ3v) is 6.68. The minimum atomic E-state index is -3.81. The summed E-state index contributed by atoms with van der Waals surface area (Å²) < 4.78 is 24.4. The molecule has 0 fully saturated rings. The summed E-state index contributed by atoms with van der Waals surface area (Å²) in [7, 11) is -3.81. The molecule has 0 spiro atoms. The van der Waals surface area contributed by atoms with Gasteiger partial charge in [0.1, 0.15) is 0 Å². The fourth-order valence-electron chi connectivity index (χ4n) is 3.23. The number of aromatic nitrogens is 4. The summed E-state index contributed by atoms with van der Waals surface area (Å²) in [5, 5.41) is 22.9. The Morgan fingerprint density at radius 3 is 2.36 bits per heavy atom. The quantitative estimate of drug-likeness (QED) is 0.399. The molecule has 0 atom stereocenters. The standard InChI is InChI=1S/C22H16N6O3S2/c23-33(30,31)17-9-5-15(6-10-17)22(29)24-16-7-3-14(4-8-16)18-11-12-20-25-26-21(28(20)27-18)19-2-1-13-32-19/h1-13H,(H,24,29)(H2,23,30,31). The molecule has 11 heteroatoms. The predicted octanol–water partition coefficient (Wildman–Crippen LogP) is 3.42. The number of sulfonamides is 1. The van der Waals surface area contributed by atoms with E-state index >= 15 is 0 Å². The van der Waals surface area contributed by atoms with Crippen molar-refractivity contribution in [3.05, 3.63) is 83.7 Å². The van der Waals surface area contributed by atoms with E-state index < -0.39 is 10.0 Å². The highest BCUT2D eigenvalue weighted by molar-refractivity contribution is 7.89. The van der Waals surface area contributed by atoms with Crippen LogP contribution in [0, 0.1) is 0 Å². The van der Waals surface area contributed by atoms with Gasteiger partial charge in [-0.15, -0.1) is 21.5 Å². The first-order valence-corrected chi connectivity index (χ1v) is 12.1. The molecule has 0 saturated carbocycles. The molecule has 3 N–H and O–H groups in total. The van der Waals surface area contributed by atoms with E-state index in [0.717, 1.165) is 16.1 Å². The van der Waals surface area contributed by atoms with Crippen molar-refractivity contribution in [2.75, 3.05) is 5.32 Å². The number of hydrogen-bond acceptors (Lipinski definition) is 7. The number of anilines is 1. The van der Waals surface area contributed by atoms with E-state index in [0.29, 0.717) is 22.7 Å². The van der Waals surface area contributed by atoms with Crippen molar-refractivity contribution >= 4 is 38.6 Å². The second-order valence-electron chi connectivity index (χ2n) is 7.09. The summed E-state index contributed by atoms with van der Waals surface area (Å²) in [6, 6.07) is 20.3. The van der Waals surface area contributed by atoms with Gasteiger partial charge in [0.25, 0.3) is 5.91 Å². The first-order valence-electron chi connectivity index (χ1n) is 9.69. The highest BCUT2D eigenvalue weighted by Gasteiger charge is 2.13. The van der Waals surface area contributed by atoms with Gasteiger partial charge in [0.15, 0.2) is 11.5 Å². The van der Waals surface area contributed by atoms with Crippen LogP contribution < -0.4 is 10.5 Å². The van der Waals surface area contributed by atoms with Crippen LogP contribution in [0.25, 0.3) is 27.6 Å². The Morgan fingerprint density at radius 1 is 0.939 bits per heavy atom. The molecule has 5 rings (SSSR count). The van der Waals surface area contributed by atoms with Crippen LogP contribution in [0.4, 0.5) is 5.69 Å². The van der Waals surface area contributed by atoms with E-state index in [1.807, 2.05) is 41.8 Å². The molecule has 0 unspecified atom stereocenters. The van der Waals surface area contributed by atoms with Crippen molar-refractivity contribution in [3.8, 4) is 22.0 Å². The van der Waals surface area contributed by atoms with Gasteiger partial charge in [0, 0.05) is 16.8 Å². The average Bonchev–Trinajstić information content (AvgIpc) is 3.48. The Hall–Kier alpha value is -3.93. The molecule has 0 aliphatic carbocycles. The summed E-state index contributed by atoms with van der Waals surface area (Å²) in [6.07, 6.45) is 0. The minimum absolute atomic E-state index is 0.0526. The molecular formula is C22H16N6O3S2. The van der Waals surface area contributed by atoms with E-state index in [9.17, 15) is 13.2 Å². The van der Waals surface area contributed by atoms with E-state index in [2.05, 4.69) is 20.6 Å². The maximum atomic E-state index is 12.5. The van der Waals surface area contributed by atoms with Crippen LogP contribution in [-0.2, 0) is 10.0 Å². The number of hydrogen-bond donors (Lipinski definition) is 2. The van der Waals surface area contributed by atoms with E-state index in [-0.39, 0.29) is 10.8 Å². The molecule has 0 saturated heterocycles. The summed E-state index contributed by atoms with van der Waals surface area (Å²) in [4.78, 5) is 13.4. The second kappa shape index (κ2) is 8.20. The highest BCUT2D eigenvalue weighted by Crippen LogP contribution is 2.25. The number of fused-ring (bicyclic) bond motifs is 1. The van der Waals surface area contributed by atoms with Crippen molar-refractivity contribution in [1.29, 1.82) is 0 Å². The van der Waals surface area contributed by atoms with Crippen LogP contribution in [0.1, 0.15) is 10.4 Å². The third kappa shape index (κ3) is 4.24. The molecule has 9 nitrogen and oxygen atoms in total. The first kappa shape index (κ1) is 20.9. The molecule has 0 bridgehead atoms. The molecule has 0 radical (unpaired) electrons. The van der Waals surface area contributed by atoms with Crippen molar-refractivity contribution < 1.29 is 13.2 Å². The maximum Gasteiger partial charge on any atom is 0.255 e. The number of thiophene rings is 1. The van der Waals surface area contributed by atoms with Crippen LogP contribution >= 0.6 is 11.3 Å². The number of carbonyl (C=O) groups is 1. The number of nitrogens with one attached hydrogen (secondary N) is 1. The lowest BCUT2D eigenvalue weighted by molar-refractivity contribution is 0.102. The van der Waals surface area contributed by atoms with Crippen LogP contribution in [0.5, 0.6) is 0 Å². The number of nitrogens with zero attached hydrogens (tertiary/aromatic N) is 4. The summed E-state index contributed by atoms with van der Waals surface area (Å²) in [5.41, 5.74) is 3.14. The zero-order chi connectivity index (χ0) is 23.0. The zero-order valence-corrected chi connectivity index (χ0v) is 18.5. The van der Waals surface area contributed by atoms with Crippen molar-refractivity contribution in [2.45, 2.75) is 4.90 Å². The molecule has 33 heavy (non-hydrogen) atoms. The molecular weight excluding hydrogens is 460 g/mol. The largest absolute Gasteiger partial charge is 0.322 e. The van der Waals surface area contributed by atoms with Gasteiger partial charge >= 0.3 is 0 Å². The first-order chi connectivity index (χ1) is 15.9. The van der Waals surface area contributed by atoms with Gasteiger partial charge in [0.2, 0.25) is 10.0 Å². The Balaban J connectivity index is 1.36. The fourth-order valence-corrected chi connectivity index (χ4v) is 4.43. The summed E-state index contributed by atoms with van der Waals surface area (Å²) >= 11 is 1.57. The summed E-state index contributed by atoms with van der Waals surface area (Å²) in [5.74, 6) is 0.313. The van der Waals surface area contributed by atoms with E-state index in [1.54, 1.807) is 28.0 Å². The Kier molecular flexibility index (Phi) is 5.21. The molecule has 5 aromatic rings. The number of benzene rings is 2. The molecule has 3 aromatic heterocycles. The lowest BCUT2D eigenvalue weighted by Gasteiger charge is -2.07. The topological polar surface area (TPSA) is 132 Å². The molecule has 2 aromatic carbocycles. The molecule has 164 valence electrons. The molecule has 0 aliphatic heterocycles. The molecule has 3 heterocycles. The lowest BCUT2D eigenvalue weighted by Crippen LogP contribution is -2.14. The van der Waals surface area contributed by atoms with Gasteiger partial charge < -0.3 is 5.32 Å². The van der Waals surface area contributed by atoms with Gasteiger partial charge in [-0.3, -0.25) is 4.79 Å².